The molecule has 0 spiro atoms. The van der Waals surface area contributed by atoms with Gasteiger partial charge in [-0.1, -0.05) is 42.6 Å². The lowest BCUT2D eigenvalue weighted by atomic mass is 9.84. The van der Waals surface area contributed by atoms with Crippen molar-refractivity contribution in [2.75, 3.05) is 6.54 Å². The summed E-state index contributed by atoms with van der Waals surface area (Å²) in [4.78, 5) is 0. The Kier molecular flexibility index (Phi) is 3.91. The summed E-state index contributed by atoms with van der Waals surface area (Å²) in [5.74, 6) is 1.44. The fourth-order valence-corrected chi connectivity index (χ4v) is 3.52. The van der Waals surface area contributed by atoms with Crippen LogP contribution in [-0.2, 0) is 0 Å². The molecule has 2 aliphatic carbocycles. The zero-order chi connectivity index (χ0) is 12.4. The number of benzene rings is 1. The average Bonchev–Trinajstić information content (AvgIpc) is 3.05. The normalized spacial score (nSPS) is 22.3. The highest BCUT2D eigenvalue weighted by molar-refractivity contribution is 6.31. The smallest absolute Gasteiger partial charge is 0.0441 e. The summed E-state index contributed by atoms with van der Waals surface area (Å²) in [6.07, 6.45) is 8.27. The van der Waals surface area contributed by atoms with Gasteiger partial charge in [-0.15, -0.1) is 0 Å². The number of halogens is 1. The standard InChI is InChI=1S/C16H22ClN/c17-16-8-4-3-7-14(16)15(11-18-13-9-10-13)12-5-1-2-6-12/h3-4,7-8,12-13,15,18H,1-2,5-6,9-11H2. The zero-order valence-electron chi connectivity index (χ0n) is 10.9. The van der Waals surface area contributed by atoms with Gasteiger partial charge in [0.05, 0.1) is 0 Å². The first-order valence-electron chi connectivity index (χ1n) is 7.32. The van der Waals surface area contributed by atoms with Crippen molar-refractivity contribution >= 4 is 11.6 Å². The molecule has 98 valence electrons. The van der Waals surface area contributed by atoms with Gasteiger partial charge in [0.15, 0.2) is 0 Å². The van der Waals surface area contributed by atoms with Crippen LogP contribution in [0.1, 0.15) is 50.0 Å². The van der Waals surface area contributed by atoms with Gasteiger partial charge >= 0.3 is 0 Å². The molecular formula is C16H22ClN. The van der Waals surface area contributed by atoms with Crippen LogP contribution in [0.5, 0.6) is 0 Å². The number of hydrogen-bond acceptors (Lipinski definition) is 1. The average molecular weight is 264 g/mol. The number of hydrogen-bond donors (Lipinski definition) is 1. The maximum absolute atomic E-state index is 6.40. The van der Waals surface area contributed by atoms with Crippen LogP contribution in [0.3, 0.4) is 0 Å². The Balaban J connectivity index is 1.76. The summed E-state index contributed by atoms with van der Waals surface area (Å²) < 4.78 is 0. The van der Waals surface area contributed by atoms with Crippen LogP contribution in [0.4, 0.5) is 0 Å². The van der Waals surface area contributed by atoms with Crippen molar-refractivity contribution in [3.05, 3.63) is 34.9 Å². The molecule has 0 heterocycles. The molecule has 2 heteroatoms. The minimum atomic E-state index is 0.613. The third-order valence-corrected chi connectivity index (χ3v) is 4.82. The Hall–Kier alpha value is -0.530. The minimum Gasteiger partial charge on any atom is -0.313 e. The van der Waals surface area contributed by atoms with Gasteiger partial charge in [-0.25, -0.2) is 0 Å². The largest absolute Gasteiger partial charge is 0.313 e. The van der Waals surface area contributed by atoms with Crippen molar-refractivity contribution < 1.29 is 0 Å². The summed E-state index contributed by atoms with van der Waals surface area (Å²) in [7, 11) is 0. The number of rotatable bonds is 5. The predicted octanol–water partition coefficient (Wildman–Crippen LogP) is 4.37. The second-order valence-corrected chi connectivity index (χ2v) is 6.26. The Morgan fingerprint density at radius 2 is 1.83 bits per heavy atom. The van der Waals surface area contributed by atoms with Gasteiger partial charge in [0.1, 0.15) is 0 Å². The van der Waals surface area contributed by atoms with Crippen molar-refractivity contribution in [1.29, 1.82) is 0 Å². The summed E-state index contributed by atoms with van der Waals surface area (Å²) in [5.41, 5.74) is 1.36. The Morgan fingerprint density at radius 1 is 1.11 bits per heavy atom. The van der Waals surface area contributed by atoms with E-state index in [0.717, 1.165) is 23.5 Å². The van der Waals surface area contributed by atoms with Crippen molar-refractivity contribution in [2.24, 2.45) is 5.92 Å². The van der Waals surface area contributed by atoms with Crippen LogP contribution in [0.25, 0.3) is 0 Å². The lowest BCUT2D eigenvalue weighted by Crippen LogP contribution is -2.27. The van der Waals surface area contributed by atoms with Crippen LogP contribution in [-0.4, -0.2) is 12.6 Å². The van der Waals surface area contributed by atoms with E-state index in [0.29, 0.717) is 5.92 Å². The van der Waals surface area contributed by atoms with E-state index < -0.39 is 0 Å². The number of nitrogens with one attached hydrogen (secondary N) is 1. The van der Waals surface area contributed by atoms with E-state index in [2.05, 4.69) is 17.4 Å². The molecule has 1 aromatic rings. The highest BCUT2D eigenvalue weighted by Crippen LogP contribution is 2.39. The molecule has 1 atom stereocenters. The van der Waals surface area contributed by atoms with E-state index >= 15 is 0 Å². The molecule has 1 nitrogen and oxygen atoms in total. The fourth-order valence-electron chi connectivity index (χ4n) is 3.25. The first-order chi connectivity index (χ1) is 8.84. The van der Waals surface area contributed by atoms with Gasteiger partial charge in [0.2, 0.25) is 0 Å². The van der Waals surface area contributed by atoms with Crippen molar-refractivity contribution in [1.82, 2.24) is 5.32 Å². The highest BCUT2D eigenvalue weighted by Gasteiger charge is 2.29. The maximum Gasteiger partial charge on any atom is 0.0441 e. The van der Waals surface area contributed by atoms with Crippen LogP contribution < -0.4 is 5.32 Å². The third kappa shape index (κ3) is 2.89. The molecule has 1 N–H and O–H groups in total. The monoisotopic (exact) mass is 263 g/mol. The van der Waals surface area contributed by atoms with Gasteiger partial charge in [0.25, 0.3) is 0 Å². The predicted molar refractivity (Wildman–Crippen MR) is 77.2 cm³/mol. The Morgan fingerprint density at radius 3 is 2.50 bits per heavy atom. The quantitative estimate of drug-likeness (QED) is 0.832. The molecule has 2 fully saturated rings. The molecule has 0 amide bonds. The molecule has 0 bridgehead atoms. The molecule has 0 radical (unpaired) electrons. The van der Waals surface area contributed by atoms with Crippen molar-refractivity contribution in [3.63, 3.8) is 0 Å². The molecule has 1 unspecified atom stereocenters. The summed E-state index contributed by atoms with van der Waals surface area (Å²) in [6, 6.07) is 9.21. The van der Waals surface area contributed by atoms with E-state index in [1.165, 1.54) is 44.1 Å². The molecule has 2 saturated carbocycles. The second kappa shape index (κ2) is 5.63. The zero-order valence-corrected chi connectivity index (χ0v) is 11.6. The molecule has 0 aliphatic heterocycles. The molecule has 0 saturated heterocycles. The lowest BCUT2D eigenvalue weighted by Gasteiger charge is -2.25. The maximum atomic E-state index is 6.40. The SMILES string of the molecule is Clc1ccccc1C(CNC1CC1)C1CCCC1. The lowest BCUT2D eigenvalue weighted by molar-refractivity contribution is 0.410. The van der Waals surface area contributed by atoms with Gasteiger partial charge in [-0.3, -0.25) is 0 Å². The van der Waals surface area contributed by atoms with Crippen molar-refractivity contribution in [2.45, 2.75) is 50.5 Å². The van der Waals surface area contributed by atoms with E-state index in [1.807, 2.05) is 12.1 Å². The topological polar surface area (TPSA) is 12.0 Å². The van der Waals surface area contributed by atoms with Gasteiger partial charge in [-0.05, 0) is 43.2 Å². The fraction of sp³-hybridized carbons (Fsp3) is 0.625. The van der Waals surface area contributed by atoms with Crippen molar-refractivity contribution in [3.8, 4) is 0 Å². The highest BCUT2D eigenvalue weighted by atomic mass is 35.5. The van der Waals surface area contributed by atoms with Crippen LogP contribution in [0.2, 0.25) is 5.02 Å². The van der Waals surface area contributed by atoms with E-state index in [9.17, 15) is 0 Å². The molecule has 0 aromatic heterocycles. The van der Waals surface area contributed by atoms with E-state index in [1.54, 1.807) is 0 Å². The van der Waals surface area contributed by atoms with E-state index in [4.69, 9.17) is 11.6 Å². The van der Waals surface area contributed by atoms with Crippen LogP contribution in [0.15, 0.2) is 24.3 Å². The molecule has 1 aromatic carbocycles. The second-order valence-electron chi connectivity index (χ2n) is 5.86. The summed E-state index contributed by atoms with van der Waals surface area (Å²) >= 11 is 6.40. The van der Waals surface area contributed by atoms with Crippen LogP contribution in [0, 0.1) is 5.92 Å². The summed E-state index contributed by atoms with van der Waals surface area (Å²) in [6.45, 7) is 1.11. The van der Waals surface area contributed by atoms with Gasteiger partial charge in [0, 0.05) is 23.5 Å². The summed E-state index contributed by atoms with van der Waals surface area (Å²) in [5, 5.41) is 4.65. The Bertz CT molecular complexity index is 394. The molecule has 2 aliphatic rings. The molecular weight excluding hydrogens is 242 g/mol. The third-order valence-electron chi connectivity index (χ3n) is 4.48. The van der Waals surface area contributed by atoms with Gasteiger partial charge < -0.3 is 5.32 Å². The van der Waals surface area contributed by atoms with Gasteiger partial charge in [-0.2, -0.15) is 0 Å². The minimum absolute atomic E-state index is 0.613. The van der Waals surface area contributed by atoms with E-state index in [-0.39, 0.29) is 0 Å². The molecule has 18 heavy (non-hydrogen) atoms. The Labute approximate surface area is 115 Å². The first-order valence-corrected chi connectivity index (χ1v) is 7.70. The first kappa shape index (κ1) is 12.5. The molecule has 3 rings (SSSR count). The van der Waals surface area contributed by atoms with Crippen LogP contribution >= 0.6 is 11.6 Å².